The van der Waals surface area contributed by atoms with Gasteiger partial charge in [-0.25, -0.2) is 9.55 Å². The molecule has 14 heteroatoms. The normalized spacial score (nSPS) is 20.8. The minimum atomic E-state index is -4.25. The van der Waals surface area contributed by atoms with Crippen LogP contribution in [0.15, 0.2) is 23.8 Å². The molecule has 0 bridgehead atoms. The Bertz CT molecular complexity index is 1020. The minimum absolute atomic E-state index is 0.0328. The van der Waals surface area contributed by atoms with E-state index in [0.717, 1.165) is 6.08 Å². The van der Waals surface area contributed by atoms with Crippen LogP contribution in [0.3, 0.4) is 0 Å². The van der Waals surface area contributed by atoms with Crippen LogP contribution < -0.4 is 16.6 Å². The number of carbonyl (C=O) groups excluding carboxylic acids is 1. The Hall–Kier alpha value is -2.57. The molecule has 0 spiro atoms. The van der Waals surface area contributed by atoms with Gasteiger partial charge in [0.05, 0.1) is 25.6 Å². The van der Waals surface area contributed by atoms with Gasteiger partial charge in [-0.05, 0) is 25.3 Å². The lowest BCUT2D eigenvalue weighted by Gasteiger charge is -2.17. The number of carbonyl (C=O) groups is 1. The first kappa shape index (κ1) is 22.1. The fourth-order valence-corrected chi connectivity index (χ4v) is 3.71. The molecule has 164 valence electrons. The van der Waals surface area contributed by atoms with E-state index in [9.17, 15) is 19.0 Å². The molecule has 1 aliphatic heterocycles. The van der Waals surface area contributed by atoms with Gasteiger partial charge in [0.1, 0.15) is 6.23 Å². The monoisotopic (exact) mass is 442 g/mol. The first-order chi connectivity index (χ1) is 14.3. The number of phosphoric ester groups is 1. The molecule has 1 saturated heterocycles. The van der Waals surface area contributed by atoms with Crippen molar-refractivity contribution < 1.29 is 28.0 Å². The van der Waals surface area contributed by atoms with E-state index in [1.54, 1.807) is 4.57 Å². The van der Waals surface area contributed by atoms with E-state index in [4.69, 9.17) is 19.5 Å². The number of nitrogens with zero attached hydrogens (tertiary/aromatic N) is 3. The van der Waals surface area contributed by atoms with Crippen molar-refractivity contribution in [3.05, 3.63) is 29.3 Å². The summed E-state index contributed by atoms with van der Waals surface area (Å²) in [7, 11) is -4.25. The molecule has 3 rings (SSSR count). The second-order valence-electron chi connectivity index (χ2n) is 6.51. The number of imidazole rings is 1. The summed E-state index contributed by atoms with van der Waals surface area (Å²) in [5.41, 5.74) is 5.58. The molecule has 3 atom stereocenters. The standard InChI is InChI=1S/C16H23N6O7P/c1-2-11(23)18-6-3-7-27-30(25,26)28-8-10-4-5-12(29-10)22-9-19-13-14(22)20-16(17)21-15(13)24/h2,9-10,12H,1,3-8H2,(H,18,23)(H,25,26)(H3,17,20,21,24). The molecule has 30 heavy (non-hydrogen) atoms. The average molecular weight is 442 g/mol. The quantitative estimate of drug-likeness (QED) is 0.225. The molecular weight excluding hydrogens is 419 g/mol. The summed E-state index contributed by atoms with van der Waals surface area (Å²) in [6.07, 6.45) is 3.09. The zero-order chi connectivity index (χ0) is 21.7. The summed E-state index contributed by atoms with van der Waals surface area (Å²) in [6.45, 7) is 3.37. The number of nitrogens with two attached hydrogens (primary N) is 1. The number of hydrogen-bond donors (Lipinski definition) is 4. The highest BCUT2D eigenvalue weighted by Gasteiger charge is 2.31. The number of nitrogens with one attached hydrogen (secondary N) is 2. The zero-order valence-corrected chi connectivity index (χ0v) is 16.9. The maximum atomic E-state index is 12.0. The summed E-state index contributed by atoms with van der Waals surface area (Å²) in [4.78, 5) is 43.1. The highest BCUT2D eigenvalue weighted by molar-refractivity contribution is 7.47. The molecule has 0 radical (unpaired) electrons. The first-order valence-corrected chi connectivity index (χ1v) is 10.7. The van der Waals surface area contributed by atoms with Crippen LogP contribution >= 0.6 is 7.82 Å². The second-order valence-corrected chi connectivity index (χ2v) is 7.97. The number of aromatic nitrogens is 4. The van der Waals surface area contributed by atoms with E-state index in [2.05, 4.69) is 26.8 Å². The lowest BCUT2D eigenvalue weighted by atomic mass is 10.2. The van der Waals surface area contributed by atoms with Crippen LogP contribution in [0.5, 0.6) is 0 Å². The van der Waals surface area contributed by atoms with Crippen molar-refractivity contribution in [1.82, 2.24) is 24.8 Å². The second kappa shape index (κ2) is 9.49. The number of amides is 1. The van der Waals surface area contributed by atoms with Gasteiger partial charge in [0.2, 0.25) is 11.9 Å². The molecule has 1 fully saturated rings. The van der Waals surface area contributed by atoms with Crippen LogP contribution in [-0.2, 0) is 23.1 Å². The van der Waals surface area contributed by atoms with E-state index in [1.165, 1.54) is 6.33 Å². The molecule has 13 nitrogen and oxygen atoms in total. The molecule has 5 N–H and O–H groups in total. The summed E-state index contributed by atoms with van der Waals surface area (Å²) in [6, 6.07) is 0. The number of rotatable bonds is 10. The number of hydrogen-bond acceptors (Lipinski definition) is 9. The Labute approximate surface area is 170 Å². The third-order valence-electron chi connectivity index (χ3n) is 4.33. The fraction of sp³-hybridized carbons (Fsp3) is 0.500. The van der Waals surface area contributed by atoms with Crippen molar-refractivity contribution in [2.45, 2.75) is 31.6 Å². The number of aromatic amines is 1. The van der Waals surface area contributed by atoms with Crippen LogP contribution in [0.4, 0.5) is 5.95 Å². The number of phosphoric acid groups is 1. The Morgan fingerprint density at radius 3 is 3.10 bits per heavy atom. The summed E-state index contributed by atoms with van der Waals surface area (Å²) in [5, 5.41) is 2.52. The predicted octanol–water partition coefficient (Wildman–Crippen LogP) is 0.205. The number of H-pyrrole nitrogens is 1. The summed E-state index contributed by atoms with van der Waals surface area (Å²) >= 11 is 0. The maximum Gasteiger partial charge on any atom is 0.472 e. The molecule has 1 aliphatic rings. The van der Waals surface area contributed by atoms with Gasteiger partial charge in [0, 0.05) is 6.54 Å². The van der Waals surface area contributed by atoms with Crippen molar-refractivity contribution in [1.29, 1.82) is 0 Å². The first-order valence-electron chi connectivity index (χ1n) is 9.19. The van der Waals surface area contributed by atoms with Gasteiger partial charge in [-0.3, -0.25) is 28.2 Å². The van der Waals surface area contributed by atoms with Crippen LogP contribution in [0, 0.1) is 0 Å². The Morgan fingerprint density at radius 1 is 1.53 bits per heavy atom. The van der Waals surface area contributed by atoms with Gasteiger partial charge in [-0.15, -0.1) is 0 Å². The third kappa shape index (κ3) is 5.52. The van der Waals surface area contributed by atoms with Crippen LogP contribution in [0.1, 0.15) is 25.5 Å². The highest BCUT2D eigenvalue weighted by Crippen LogP contribution is 2.44. The summed E-state index contributed by atoms with van der Waals surface area (Å²) in [5.74, 6) is -0.367. The maximum absolute atomic E-state index is 12.0. The predicted molar refractivity (Wildman–Crippen MR) is 105 cm³/mol. The van der Waals surface area contributed by atoms with E-state index >= 15 is 0 Å². The van der Waals surface area contributed by atoms with Crippen LogP contribution in [-0.4, -0.2) is 56.2 Å². The lowest BCUT2D eigenvalue weighted by molar-refractivity contribution is -0.116. The average Bonchev–Trinajstić information content (AvgIpc) is 3.32. The van der Waals surface area contributed by atoms with Gasteiger partial charge in [0.15, 0.2) is 11.2 Å². The molecule has 3 heterocycles. The number of nitrogen functional groups attached to an aromatic ring is 1. The molecule has 0 saturated carbocycles. The van der Waals surface area contributed by atoms with Crippen molar-refractivity contribution in [3.8, 4) is 0 Å². The van der Waals surface area contributed by atoms with Crippen LogP contribution in [0.2, 0.25) is 0 Å². The molecular formula is C16H23N6O7P. The van der Waals surface area contributed by atoms with Gasteiger partial charge < -0.3 is 20.7 Å². The topological polar surface area (TPSA) is 184 Å². The van der Waals surface area contributed by atoms with E-state index < -0.39 is 25.7 Å². The Balaban J connectivity index is 1.47. The largest absolute Gasteiger partial charge is 0.472 e. The van der Waals surface area contributed by atoms with Gasteiger partial charge in [-0.2, -0.15) is 4.98 Å². The molecule has 0 aromatic carbocycles. The third-order valence-corrected chi connectivity index (χ3v) is 5.31. The highest BCUT2D eigenvalue weighted by atomic mass is 31.2. The molecule has 3 unspecified atom stereocenters. The number of anilines is 1. The zero-order valence-electron chi connectivity index (χ0n) is 16.0. The van der Waals surface area contributed by atoms with Gasteiger partial charge >= 0.3 is 7.82 Å². The van der Waals surface area contributed by atoms with Crippen molar-refractivity contribution in [2.75, 3.05) is 25.5 Å². The van der Waals surface area contributed by atoms with Crippen molar-refractivity contribution in [3.63, 3.8) is 0 Å². The smallest absolute Gasteiger partial charge is 0.369 e. The van der Waals surface area contributed by atoms with Gasteiger partial charge in [0.25, 0.3) is 5.56 Å². The number of ether oxygens (including phenoxy) is 1. The molecule has 0 aliphatic carbocycles. The Morgan fingerprint density at radius 2 is 2.33 bits per heavy atom. The number of fused-ring (bicyclic) bond motifs is 1. The van der Waals surface area contributed by atoms with E-state index in [-0.39, 0.29) is 37.1 Å². The van der Waals surface area contributed by atoms with Gasteiger partial charge in [-0.1, -0.05) is 6.58 Å². The molecule has 2 aromatic rings. The van der Waals surface area contributed by atoms with E-state index in [0.29, 0.717) is 24.9 Å². The lowest BCUT2D eigenvalue weighted by Crippen LogP contribution is -2.22. The van der Waals surface area contributed by atoms with Crippen LogP contribution in [0.25, 0.3) is 11.2 Å². The summed E-state index contributed by atoms with van der Waals surface area (Å²) < 4.78 is 29.2. The molecule has 1 amide bonds. The molecule has 2 aromatic heterocycles. The van der Waals surface area contributed by atoms with E-state index in [1.807, 2.05) is 0 Å². The Kier molecular flexibility index (Phi) is 7.00. The van der Waals surface area contributed by atoms with Crippen molar-refractivity contribution in [2.24, 2.45) is 0 Å². The minimum Gasteiger partial charge on any atom is -0.369 e. The van der Waals surface area contributed by atoms with Crippen molar-refractivity contribution >= 4 is 30.8 Å². The SMILES string of the molecule is C=CC(=O)NCCCOP(=O)(O)OCC1CCC(n2cnc3c(=O)[nH]c(N)nc32)O1. The fourth-order valence-electron chi connectivity index (χ4n) is 2.92.